The highest BCUT2D eigenvalue weighted by molar-refractivity contribution is 5.85. The molecule has 1 saturated carbocycles. The highest BCUT2D eigenvalue weighted by Crippen LogP contribution is 2.40. The molecule has 1 amide bonds. The van der Waals surface area contributed by atoms with E-state index in [1.165, 1.54) is 0 Å². The number of carboxylic acid groups (broad SMARTS) is 1. The molecule has 112 valence electrons. The lowest BCUT2D eigenvalue weighted by Crippen LogP contribution is -2.45. The van der Waals surface area contributed by atoms with Gasteiger partial charge in [-0.25, -0.2) is 0 Å². The third-order valence-electron chi connectivity index (χ3n) is 5.22. The summed E-state index contributed by atoms with van der Waals surface area (Å²) in [6, 6.07) is 0.0932. The van der Waals surface area contributed by atoms with Crippen molar-refractivity contribution in [2.45, 2.75) is 76.0 Å². The van der Waals surface area contributed by atoms with E-state index in [0.717, 1.165) is 38.5 Å². The summed E-state index contributed by atoms with van der Waals surface area (Å²) in [5.74, 6) is -0.924. The Labute approximate surface area is 119 Å². The predicted molar refractivity (Wildman–Crippen MR) is 72.2 cm³/mol. The van der Waals surface area contributed by atoms with Crippen LogP contribution in [-0.4, -0.2) is 35.2 Å². The Kier molecular flexibility index (Phi) is 3.71. The number of hydrogen-bond donors (Lipinski definition) is 2. The highest BCUT2D eigenvalue weighted by Gasteiger charge is 2.44. The van der Waals surface area contributed by atoms with Gasteiger partial charge in [0.2, 0.25) is 5.91 Å². The summed E-state index contributed by atoms with van der Waals surface area (Å²) in [4.78, 5) is 23.8. The Hall–Kier alpha value is -1.10. The molecule has 0 spiro atoms. The molecule has 0 aromatic carbocycles. The molecule has 5 nitrogen and oxygen atoms in total. The molecule has 0 aromatic heterocycles. The van der Waals surface area contributed by atoms with Crippen LogP contribution in [0.15, 0.2) is 0 Å². The minimum Gasteiger partial charge on any atom is -0.481 e. The zero-order valence-electron chi connectivity index (χ0n) is 11.8. The summed E-state index contributed by atoms with van der Waals surface area (Å²) >= 11 is 0. The Morgan fingerprint density at radius 3 is 2.50 bits per heavy atom. The van der Waals surface area contributed by atoms with Crippen LogP contribution in [0.2, 0.25) is 0 Å². The first-order valence-electron chi connectivity index (χ1n) is 7.77. The number of carbonyl (C=O) groups excluding carboxylic acids is 1. The van der Waals surface area contributed by atoms with Gasteiger partial charge in [0.15, 0.2) is 0 Å². The molecule has 3 rings (SSSR count). The smallest absolute Gasteiger partial charge is 0.310 e. The first-order chi connectivity index (χ1) is 9.59. The number of hydrogen-bond acceptors (Lipinski definition) is 3. The normalized spacial score (nSPS) is 34.9. The standard InChI is InChI=1S/C15H23NO4/c17-13(16-11-8-10-4-5-12(11)20-10)9-15(14(18)19)6-2-1-3-7-15/h10-12H,1-9H2,(H,16,17)(H,18,19). The molecular formula is C15H23NO4. The third-order valence-corrected chi connectivity index (χ3v) is 5.22. The van der Waals surface area contributed by atoms with Crippen LogP contribution in [0.4, 0.5) is 0 Å². The number of carbonyl (C=O) groups is 2. The summed E-state index contributed by atoms with van der Waals surface area (Å²) in [5, 5.41) is 12.5. The van der Waals surface area contributed by atoms with E-state index in [9.17, 15) is 14.7 Å². The number of rotatable bonds is 4. The SMILES string of the molecule is O=C(CC1(C(=O)O)CCCCC1)NC1CC2CCC1O2. The second kappa shape index (κ2) is 5.35. The van der Waals surface area contributed by atoms with Gasteiger partial charge in [-0.05, 0) is 32.1 Å². The molecule has 2 aliphatic heterocycles. The molecule has 3 aliphatic rings. The van der Waals surface area contributed by atoms with E-state index >= 15 is 0 Å². The fourth-order valence-corrected chi connectivity index (χ4v) is 4.05. The van der Waals surface area contributed by atoms with Crippen LogP contribution in [0.1, 0.15) is 57.8 Å². The lowest BCUT2D eigenvalue weighted by Gasteiger charge is -2.33. The predicted octanol–water partition coefficient (Wildman–Crippen LogP) is 1.85. The van der Waals surface area contributed by atoms with Gasteiger partial charge < -0.3 is 15.2 Å². The van der Waals surface area contributed by atoms with Crippen LogP contribution in [-0.2, 0) is 14.3 Å². The van der Waals surface area contributed by atoms with E-state index in [-0.39, 0.29) is 24.5 Å². The van der Waals surface area contributed by atoms with Crippen molar-refractivity contribution in [3.8, 4) is 0 Å². The molecule has 2 N–H and O–H groups in total. The van der Waals surface area contributed by atoms with E-state index in [0.29, 0.717) is 18.9 Å². The maximum absolute atomic E-state index is 12.2. The van der Waals surface area contributed by atoms with Gasteiger partial charge in [-0.1, -0.05) is 19.3 Å². The molecular weight excluding hydrogens is 258 g/mol. The minimum atomic E-state index is -0.833. The average Bonchev–Trinajstić information content (AvgIpc) is 3.01. The maximum atomic E-state index is 12.2. The van der Waals surface area contributed by atoms with Crippen molar-refractivity contribution in [3.05, 3.63) is 0 Å². The van der Waals surface area contributed by atoms with Crippen molar-refractivity contribution in [1.82, 2.24) is 5.32 Å². The second-order valence-electron chi connectivity index (χ2n) is 6.61. The number of aliphatic carboxylic acids is 1. The van der Waals surface area contributed by atoms with E-state index in [2.05, 4.69) is 5.32 Å². The molecule has 2 bridgehead atoms. The average molecular weight is 281 g/mol. The van der Waals surface area contributed by atoms with Gasteiger partial charge in [0.05, 0.1) is 23.7 Å². The highest BCUT2D eigenvalue weighted by atomic mass is 16.5. The maximum Gasteiger partial charge on any atom is 0.310 e. The lowest BCUT2D eigenvalue weighted by atomic mass is 9.71. The molecule has 2 saturated heterocycles. The molecule has 20 heavy (non-hydrogen) atoms. The summed E-state index contributed by atoms with van der Waals surface area (Å²) in [7, 11) is 0. The largest absolute Gasteiger partial charge is 0.481 e. The lowest BCUT2D eigenvalue weighted by molar-refractivity contribution is -0.154. The van der Waals surface area contributed by atoms with Crippen molar-refractivity contribution in [3.63, 3.8) is 0 Å². The molecule has 2 heterocycles. The third kappa shape index (κ3) is 2.55. The monoisotopic (exact) mass is 281 g/mol. The van der Waals surface area contributed by atoms with Crippen LogP contribution >= 0.6 is 0 Å². The first kappa shape index (κ1) is 13.9. The number of fused-ring (bicyclic) bond motifs is 2. The number of nitrogens with one attached hydrogen (secondary N) is 1. The Bertz CT molecular complexity index is 403. The van der Waals surface area contributed by atoms with Crippen LogP contribution in [0.25, 0.3) is 0 Å². The Morgan fingerprint density at radius 1 is 1.20 bits per heavy atom. The van der Waals surface area contributed by atoms with Crippen molar-refractivity contribution in [1.29, 1.82) is 0 Å². The van der Waals surface area contributed by atoms with Crippen LogP contribution in [0.3, 0.4) is 0 Å². The van der Waals surface area contributed by atoms with E-state index in [1.807, 2.05) is 0 Å². The van der Waals surface area contributed by atoms with Gasteiger partial charge in [0.1, 0.15) is 0 Å². The van der Waals surface area contributed by atoms with E-state index in [4.69, 9.17) is 4.74 Å². The number of amides is 1. The second-order valence-corrected chi connectivity index (χ2v) is 6.61. The van der Waals surface area contributed by atoms with Gasteiger partial charge in [0.25, 0.3) is 0 Å². The van der Waals surface area contributed by atoms with Crippen LogP contribution in [0.5, 0.6) is 0 Å². The zero-order chi connectivity index (χ0) is 14.2. The quantitative estimate of drug-likeness (QED) is 0.824. The Morgan fingerprint density at radius 2 is 1.95 bits per heavy atom. The van der Waals surface area contributed by atoms with Crippen LogP contribution in [0, 0.1) is 5.41 Å². The molecule has 3 fully saturated rings. The zero-order valence-corrected chi connectivity index (χ0v) is 11.8. The van der Waals surface area contributed by atoms with Gasteiger partial charge >= 0.3 is 5.97 Å². The molecule has 3 atom stereocenters. The van der Waals surface area contributed by atoms with E-state index in [1.54, 1.807) is 0 Å². The van der Waals surface area contributed by atoms with Gasteiger partial charge in [-0.2, -0.15) is 0 Å². The van der Waals surface area contributed by atoms with Crippen molar-refractivity contribution in [2.75, 3.05) is 0 Å². The number of ether oxygens (including phenoxy) is 1. The van der Waals surface area contributed by atoms with Crippen molar-refractivity contribution < 1.29 is 19.4 Å². The molecule has 0 radical (unpaired) electrons. The van der Waals surface area contributed by atoms with Crippen LogP contribution < -0.4 is 5.32 Å². The van der Waals surface area contributed by atoms with Gasteiger partial charge in [0, 0.05) is 6.42 Å². The summed E-state index contributed by atoms with van der Waals surface area (Å²) in [6.07, 6.45) is 7.73. The van der Waals surface area contributed by atoms with E-state index < -0.39 is 11.4 Å². The van der Waals surface area contributed by atoms with Gasteiger partial charge in [-0.3, -0.25) is 9.59 Å². The summed E-state index contributed by atoms with van der Waals surface area (Å²) < 4.78 is 5.72. The molecule has 0 aromatic rings. The fourth-order valence-electron chi connectivity index (χ4n) is 4.05. The molecule has 1 aliphatic carbocycles. The van der Waals surface area contributed by atoms with Crippen molar-refractivity contribution in [2.24, 2.45) is 5.41 Å². The summed E-state index contributed by atoms with van der Waals surface area (Å²) in [6.45, 7) is 0. The minimum absolute atomic E-state index is 0.0932. The Balaban J connectivity index is 1.58. The topological polar surface area (TPSA) is 75.6 Å². The number of carboxylic acids is 1. The first-order valence-corrected chi connectivity index (χ1v) is 7.77. The summed E-state index contributed by atoms with van der Waals surface area (Å²) in [5.41, 5.74) is -0.833. The van der Waals surface area contributed by atoms with Gasteiger partial charge in [-0.15, -0.1) is 0 Å². The van der Waals surface area contributed by atoms with Crippen molar-refractivity contribution >= 4 is 11.9 Å². The molecule has 3 unspecified atom stereocenters. The molecule has 5 heteroatoms. The fraction of sp³-hybridized carbons (Fsp3) is 0.867.